The fraction of sp³-hybridized carbons (Fsp3) is 0.800. The summed E-state index contributed by atoms with van der Waals surface area (Å²) in [6.45, 7) is 0. The van der Waals surface area contributed by atoms with Gasteiger partial charge in [-0.25, -0.2) is 8.42 Å². The van der Waals surface area contributed by atoms with Gasteiger partial charge in [-0.15, -0.1) is 0 Å². The Kier molecular flexibility index (Phi) is 1.37. The van der Waals surface area contributed by atoms with Crippen molar-refractivity contribution >= 4 is 27.2 Å². The number of sulfone groups is 1. The van der Waals surface area contributed by atoms with Crippen molar-refractivity contribution in [2.24, 2.45) is 0 Å². The van der Waals surface area contributed by atoms with E-state index in [1.807, 2.05) is 0 Å². The Labute approximate surface area is 69.8 Å². The second-order valence-electron chi connectivity index (χ2n) is 2.77. The van der Waals surface area contributed by atoms with E-state index in [0.717, 1.165) is 0 Å². The fourth-order valence-corrected chi connectivity index (χ4v) is 3.45. The molecule has 2 atom stereocenters. The molecular formula is C5H7NO3S2. The minimum absolute atomic E-state index is 0.102. The SMILES string of the molecule is O=S1(=O)C[C@@H]2NC(=S)O[C@@H]2C1. The van der Waals surface area contributed by atoms with Crippen LogP contribution >= 0.6 is 12.2 Å². The molecule has 2 heterocycles. The zero-order chi connectivity index (χ0) is 8.06. The van der Waals surface area contributed by atoms with E-state index in [1.54, 1.807) is 0 Å². The quantitative estimate of drug-likeness (QED) is 0.503. The Morgan fingerprint density at radius 1 is 1.55 bits per heavy atom. The number of ether oxygens (including phenoxy) is 1. The van der Waals surface area contributed by atoms with Crippen LogP contribution in [0.25, 0.3) is 0 Å². The van der Waals surface area contributed by atoms with E-state index in [0.29, 0.717) is 5.17 Å². The van der Waals surface area contributed by atoms with Crippen molar-refractivity contribution in [3.8, 4) is 0 Å². The smallest absolute Gasteiger partial charge is 0.257 e. The summed E-state index contributed by atoms with van der Waals surface area (Å²) in [6, 6.07) is -0.104. The summed E-state index contributed by atoms with van der Waals surface area (Å²) in [5.41, 5.74) is 0. The summed E-state index contributed by atoms with van der Waals surface area (Å²) in [5.74, 6) is 0.253. The highest BCUT2D eigenvalue weighted by Gasteiger charge is 2.44. The highest BCUT2D eigenvalue weighted by molar-refractivity contribution is 7.91. The van der Waals surface area contributed by atoms with E-state index in [9.17, 15) is 8.42 Å². The van der Waals surface area contributed by atoms with Crippen LogP contribution in [0.4, 0.5) is 0 Å². The van der Waals surface area contributed by atoms with E-state index in [-0.39, 0.29) is 23.7 Å². The number of nitrogens with one attached hydrogen (secondary N) is 1. The molecular weight excluding hydrogens is 186 g/mol. The second-order valence-corrected chi connectivity index (χ2v) is 5.30. The molecule has 0 bridgehead atoms. The van der Waals surface area contributed by atoms with Crippen molar-refractivity contribution in [3.05, 3.63) is 0 Å². The maximum atomic E-state index is 11.0. The number of rotatable bonds is 0. The summed E-state index contributed by atoms with van der Waals surface area (Å²) in [7, 11) is -2.88. The van der Waals surface area contributed by atoms with Gasteiger partial charge in [0.15, 0.2) is 9.84 Å². The Balaban J connectivity index is 2.22. The molecule has 0 saturated carbocycles. The molecule has 4 nitrogen and oxygen atoms in total. The molecule has 2 saturated heterocycles. The van der Waals surface area contributed by atoms with Crippen LogP contribution in [0.5, 0.6) is 0 Å². The molecule has 0 aromatic carbocycles. The molecule has 0 spiro atoms. The average molecular weight is 193 g/mol. The van der Waals surface area contributed by atoms with E-state index < -0.39 is 9.84 Å². The summed E-state index contributed by atoms with van der Waals surface area (Å²) >= 11 is 4.72. The molecule has 62 valence electrons. The van der Waals surface area contributed by atoms with Gasteiger partial charge in [0.1, 0.15) is 6.10 Å². The predicted octanol–water partition coefficient (Wildman–Crippen LogP) is -0.943. The van der Waals surface area contributed by atoms with Crippen LogP contribution < -0.4 is 5.32 Å². The standard InChI is InChI=1S/C5H7NO3S2/c7-11(8)1-3-4(2-11)9-5(10)6-3/h3-4H,1-2H2,(H,6,10)/t3-,4+/m0/s1. The molecule has 0 aliphatic carbocycles. The van der Waals surface area contributed by atoms with Gasteiger partial charge in [-0.2, -0.15) is 0 Å². The van der Waals surface area contributed by atoms with Crippen molar-refractivity contribution in [2.45, 2.75) is 12.1 Å². The van der Waals surface area contributed by atoms with Crippen molar-refractivity contribution in [1.29, 1.82) is 0 Å². The van der Waals surface area contributed by atoms with Crippen LogP contribution in [0.1, 0.15) is 0 Å². The van der Waals surface area contributed by atoms with Gasteiger partial charge in [0, 0.05) is 0 Å². The first kappa shape index (κ1) is 7.30. The third-order valence-corrected chi connectivity index (χ3v) is 3.78. The van der Waals surface area contributed by atoms with Gasteiger partial charge in [0.05, 0.1) is 17.5 Å². The third-order valence-electron chi connectivity index (χ3n) is 1.86. The molecule has 2 aliphatic heterocycles. The van der Waals surface area contributed by atoms with Crippen molar-refractivity contribution in [2.75, 3.05) is 11.5 Å². The van der Waals surface area contributed by atoms with Gasteiger partial charge in [-0.1, -0.05) is 0 Å². The molecule has 0 amide bonds. The van der Waals surface area contributed by atoms with Gasteiger partial charge in [0.25, 0.3) is 5.17 Å². The lowest BCUT2D eigenvalue weighted by molar-refractivity contribution is 0.243. The third kappa shape index (κ3) is 1.20. The minimum atomic E-state index is -2.88. The van der Waals surface area contributed by atoms with Crippen LogP contribution in [0.2, 0.25) is 0 Å². The largest absolute Gasteiger partial charge is 0.464 e. The minimum Gasteiger partial charge on any atom is -0.464 e. The van der Waals surface area contributed by atoms with E-state index >= 15 is 0 Å². The van der Waals surface area contributed by atoms with Gasteiger partial charge in [-0.05, 0) is 12.2 Å². The summed E-state index contributed by atoms with van der Waals surface area (Å²) < 4.78 is 27.0. The van der Waals surface area contributed by atoms with Crippen LogP contribution in [0, 0.1) is 0 Å². The first-order valence-electron chi connectivity index (χ1n) is 3.24. The van der Waals surface area contributed by atoms with E-state index in [2.05, 4.69) is 5.32 Å². The summed E-state index contributed by atoms with van der Waals surface area (Å²) in [4.78, 5) is 0. The maximum Gasteiger partial charge on any atom is 0.257 e. The number of thiocarbonyl (C=S) groups is 1. The Morgan fingerprint density at radius 2 is 2.27 bits per heavy atom. The molecule has 2 aliphatic rings. The maximum absolute atomic E-state index is 11.0. The topological polar surface area (TPSA) is 55.4 Å². The zero-order valence-electron chi connectivity index (χ0n) is 5.61. The van der Waals surface area contributed by atoms with Crippen LogP contribution in [0.15, 0.2) is 0 Å². The number of fused-ring (bicyclic) bond motifs is 1. The lowest BCUT2D eigenvalue weighted by Crippen LogP contribution is -2.30. The Morgan fingerprint density at radius 3 is 2.91 bits per heavy atom. The van der Waals surface area contributed by atoms with Gasteiger partial charge < -0.3 is 10.1 Å². The van der Waals surface area contributed by atoms with Gasteiger partial charge in [0.2, 0.25) is 0 Å². The average Bonchev–Trinajstić information content (AvgIpc) is 2.17. The molecule has 6 heteroatoms. The molecule has 0 aromatic heterocycles. The normalized spacial score (nSPS) is 39.5. The molecule has 1 N–H and O–H groups in total. The van der Waals surface area contributed by atoms with Crippen LogP contribution in [0.3, 0.4) is 0 Å². The molecule has 0 unspecified atom stereocenters. The Hall–Kier alpha value is -0.360. The van der Waals surface area contributed by atoms with Crippen molar-refractivity contribution in [3.63, 3.8) is 0 Å². The highest BCUT2D eigenvalue weighted by Crippen LogP contribution is 2.20. The monoisotopic (exact) mass is 193 g/mol. The fourth-order valence-electron chi connectivity index (χ4n) is 1.39. The lowest BCUT2D eigenvalue weighted by atomic mass is 10.2. The Bertz CT molecular complexity index is 275. The highest BCUT2D eigenvalue weighted by atomic mass is 32.2. The lowest BCUT2D eigenvalue weighted by Gasteiger charge is -2.00. The van der Waals surface area contributed by atoms with Crippen molar-refractivity contribution < 1.29 is 13.2 Å². The molecule has 2 rings (SSSR count). The molecule has 2 fully saturated rings. The molecule has 11 heavy (non-hydrogen) atoms. The first-order valence-corrected chi connectivity index (χ1v) is 5.47. The predicted molar refractivity (Wildman–Crippen MR) is 43.0 cm³/mol. The van der Waals surface area contributed by atoms with Gasteiger partial charge >= 0.3 is 0 Å². The summed E-state index contributed by atoms with van der Waals surface area (Å²) in [5, 5.41) is 3.13. The van der Waals surface area contributed by atoms with E-state index in [1.165, 1.54) is 0 Å². The second kappa shape index (κ2) is 2.07. The molecule has 0 radical (unpaired) electrons. The van der Waals surface area contributed by atoms with Gasteiger partial charge in [-0.3, -0.25) is 0 Å². The van der Waals surface area contributed by atoms with Crippen LogP contribution in [-0.4, -0.2) is 37.2 Å². The summed E-state index contributed by atoms with van der Waals surface area (Å²) in [6.07, 6.45) is -0.243. The molecule has 0 aromatic rings. The first-order chi connectivity index (χ1) is 5.07. The van der Waals surface area contributed by atoms with Crippen molar-refractivity contribution in [1.82, 2.24) is 5.32 Å². The number of hydrogen-bond acceptors (Lipinski definition) is 4. The zero-order valence-corrected chi connectivity index (χ0v) is 7.24. The van der Waals surface area contributed by atoms with Crippen LogP contribution in [-0.2, 0) is 14.6 Å². The van der Waals surface area contributed by atoms with E-state index in [4.69, 9.17) is 17.0 Å². The number of hydrogen-bond donors (Lipinski definition) is 1.